The van der Waals surface area contributed by atoms with Crippen molar-refractivity contribution in [3.8, 4) is 22.9 Å². The largest absolute Gasteiger partial charge is 0.494 e. The van der Waals surface area contributed by atoms with Gasteiger partial charge in [0, 0.05) is 0 Å². The van der Waals surface area contributed by atoms with Crippen molar-refractivity contribution in [3.63, 3.8) is 0 Å². The number of nitrogens with zero attached hydrogens (tertiary/aromatic N) is 1. The van der Waals surface area contributed by atoms with E-state index in [1.165, 1.54) is 0 Å². The maximum absolute atomic E-state index is 8.88. The summed E-state index contributed by atoms with van der Waals surface area (Å²) in [6.07, 6.45) is 0.666. The minimum atomic E-state index is -1.82. The molecule has 0 saturated carbocycles. The second kappa shape index (κ2) is 8.00. The number of rotatable bonds is 7. The molecule has 3 nitrogen and oxygen atoms in total. The Balaban J connectivity index is 1.99. The smallest absolute Gasteiger partial charge is 0.213 e. The maximum Gasteiger partial charge on any atom is 0.213 e. The molecule has 2 aromatic rings. The first-order valence-electron chi connectivity index (χ1n) is 8.68. The normalized spacial score (nSPS) is 11.8. The standard InChI is InChI=1S/C20H27NO2Si2/c1-6-24(2,3)23-25(4,5)16-22-20-13-11-19(12-14-20)18-9-7-17(15-21)8-10-18/h7-14H,6,16H2,1-5H3. The van der Waals surface area contributed by atoms with Crippen LogP contribution in [-0.2, 0) is 4.12 Å². The highest BCUT2D eigenvalue weighted by Gasteiger charge is 2.32. The molecule has 0 N–H and O–H groups in total. The first-order valence-corrected chi connectivity index (χ1v) is 14.9. The highest BCUT2D eigenvalue weighted by Crippen LogP contribution is 2.24. The Kier molecular flexibility index (Phi) is 6.23. The van der Waals surface area contributed by atoms with Crippen molar-refractivity contribution in [2.24, 2.45) is 0 Å². The number of ether oxygens (including phenoxy) is 1. The zero-order valence-corrected chi connectivity index (χ0v) is 17.8. The summed E-state index contributed by atoms with van der Waals surface area (Å²) in [5.74, 6) is 0.873. The Bertz CT molecular complexity index is 732. The van der Waals surface area contributed by atoms with Gasteiger partial charge in [-0.1, -0.05) is 31.2 Å². The van der Waals surface area contributed by atoms with E-state index >= 15 is 0 Å². The van der Waals surface area contributed by atoms with Crippen LogP contribution in [0.2, 0.25) is 32.2 Å². The third kappa shape index (κ3) is 5.85. The number of nitriles is 1. The zero-order chi connectivity index (χ0) is 18.5. The molecular weight excluding hydrogens is 342 g/mol. The average molecular weight is 370 g/mol. The predicted molar refractivity (Wildman–Crippen MR) is 109 cm³/mol. The van der Waals surface area contributed by atoms with Gasteiger partial charge in [-0.05, 0) is 67.6 Å². The summed E-state index contributed by atoms with van der Waals surface area (Å²) in [6.45, 7) is 11.2. The van der Waals surface area contributed by atoms with Crippen LogP contribution in [-0.4, -0.2) is 22.9 Å². The van der Waals surface area contributed by atoms with Gasteiger partial charge in [0.25, 0.3) is 0 Å². The molecule has 0 aromatic heterocycles. The van der Waals surface area contributed by atoms with Crippen LogP contribution in [0.3, 0.4) is 0 Å². The van der Waals surface area contributed by atoms with Crippen molar-refractivity contribution in [3.05, 3.63) is 54.1 Å². The highest BCUT2D eigenvalue weighted by atomic mass is 28.4. The van der Waals surface area contributed by atoms with Crippen molar-refractivity contribution >= 4 is 16.6 Å². The van der Waals surface area contributed by atoms with Crippen molar-refractivity contribution in [2.75, 3.05) is 6.23 Å². The van der Waals surface area contributed by atoms with Crippen LogP contribution in [0.1, 0.15) is 12.5 Å². The Hall–Kier alpha value is -1.88. The van der Waals surface area contributed by atoms with Gasteiger partial charge < -0.3 is 8.85 Å². The fourth-order valence-corrected chi connectivity index (χ4v) is 9.90. The minimum absolute atomic E-state index is 0.666. The van der Waals surface area contributed by atoms with Gasteiger partial charge in [0.1, 0.15) is 12.0 Å². The van der Waals surface area contributed by atoms with Crippen LogP contribution in [0.4, 0.5) is 0 Å². The fourth-order valence-electron chi connectivity index (χ4n) is 2.59. The van der Waals surface area contributed by atoms with Crippen molar-refractivity contribution in [1.82, 2.24) is 0 Å². The second-order valence-corrected chi connectivity index (χ2v) is 16.3. The maximum atomic E-state index is 8.88. The molecule has 0 heterocycles. The molecule has 0 amide bonds. The van der Waals surface area contributed by atoms with Gasteiger partial charge in [-0.3, -0.25) is 0 Å². The Morgan fingerprint density at radius 1 is 0.840 bits per heavy atom. The fraction of sp³-hybridized carbons (Fsp3) is 0.350. The van der Waals surface area contributed by atoms with Gasteiger partial charge >= 0.3 is 0 Å². The van der Waals surface area contributed by atoms with E-state index in [2.05, 4.69) is 51.3 Å². The molecule has 0 atom stereocenters. The summed E-state index contributed by atoms with van der Waals surface area (Å²) in [6, 6.07) is 19.0. The Morgan fingerprint density at radius 2 is 1.36 bits per heavy atom. The summed E-state index contributed by atoms with van der Waals surface area (Å²) in [4.78, 5) is 0. The number of hydrogen-bond donors (Lipinski definition) is 0. The van der Waals surface area contributed by atoms with Crippen molar-refractivity contribution < 1.29 is 8.85 Å². The molecule has 0 aliphatic rings. The summed E-state index contributed by atoms with van der Waals surface area (Å²) < 4.78 is 12.4. The zero-order valence-electron chi connectivity index (χ0n) is 15.8. The van der Waals surface area contributed by atoms with Gasteiger partial charge in [0.05, 0.1) is 11.6 Å². The number of hydrogen-bond acceptors (Lipinski definition) is 3. The van der Waals surface area contributed by atoms with E-state index in [0.717, 1.165) is 22.9 Å². The quantitative estimate of drug-likeness (QED) is 0.597. The van der Waals surface area contributed by atoms with Crippen LogP contribution in [0.5, 0.6) is 5.75 Å². The third-order valence-corrected chi connectivity index (χ3v) is 11.2. The summed E-state index contributed by atoms with van der Waals surface area (Å²) >= 11 is 0. The lowest BCUT2D eigenvalue weighted by Gasteiger charge is -2.33. The first kappa shape index (κ1) is 19.4. The van der Waals surface area contributed by atoms with Crippen molar-refractivity contribution in [1.29, 1.82) is 5.26 Å². The molecule has 25 heavy (non-hydrogen) atoms. The first-order chi connectivity index (χ1) is 11.7. The topological polar surface area (TPSA) is 42.2 Å². The van der Waals surface area contributed by atoms with Gasteiger partial charge in [-0.15, -0.1) is 0 Å². The van der Waals surface area contributed by atoms with E-state index in [1.54, 1.807) is 0 Å². The Labute approximate surface area is 153 Å². The molecule has 5 heteroatoms. The predicted octanol–water partition coefficient (Wildman–Crippen LogP) is 5.59. The summed E-state index contributed by atoms with van der Waals surface area (Å²) in [5, 5.41) is 8.88. The van der Waals surface area contributed by atoms with Gasteiger partial charge in [0.2, 0.25) is 8.32 Å². The molecular formula is C20H27NO2Si2. The third-order valence-electron chi connectivity index (χ3n) is 4.19. The second-order valence-electron chi connectivity index (χ2n) is 7.48. The lowest BCUT2D eigenvalue weighted by atomic mass is 10.0. The SMILES string of the molecule is CC[Si](C)(C)O[Si](C)(C)COc1ccc(-c2ccc(C#N)cc2)cc1. The van der Waals surface area contributed by atoms with Gasteiger partial charge in [0.15, 0.2) is 8.32 Å². The molecule has 0 bridgehead atoms. The van der Waals surface area contributed by atoms with Gasteiger partial charge in [-0.25, -0.2) is 0 Å². The van der Waals surface area contributed by atoms with E-state index < -0.39 is 16.6 Å². The van der Waals surface area contributed by atoms with E-state index in [1.807, 2.05) is 36.4 Å². The van der Waals surface area contributed by atoms with E-state index in [9.17, 15) is 0 Å². The van der Waals surface area contributed by atoms with Gasteiger partial charge in [-0.2, -0.15) is 5.26 Å². The molecule has 0 unspecified atom stereocenters. The van der Waals surface area contributed by atoms with Crippen LogP contribution < -0.4 is 4.74 Å². The molecule has 0 fully saturated rings. The van der Waals surface area contributed by atoms with Crippen molar-refractivity contribution in [2.45, 2.75) is 39.2 Å². The number of benzene rings is 2. The molecule has 0 spiro atoms. The van der Waals surface area contributed by atoms with E-state index in [4.69, 9.17) is 14.1 Å². The molecule has 0 saturated heterocycles. The van der Waals surface area contributed by atoms with E-state index in [-0.39, 0.29) is 0 Å². The highest BCUT2D eigenvalue weighted by molar-refractivity contribution is 6.84. The summed E-state index contributed by atoms with van der Waals surface area (Å²) in [7, 11) is -3.37. The molecule has 0 aliphatic heterocycles. The summed E-state index contributed by atoms with van der Waals surface area (Å²) in [5.41, 5.74) is 2.89. The lowest BCUT2D eigenvalue weighted by Crippen LogP contribution is -2.48. The molecule has 2 aromatic carbocycles. The van der Waals surface area contributed by atoms with Crippen LogP contribution >= 0.6 is 0 Å². The molecule has 132 valence electrons. The van der Waals surface area contributed by atoms with Crippen LogP contribution in [0.15, 0.2) is 48.5 Å². The monoisotopic (exact) mass is 369 g/mol. The van der Waals surface area contributed by atoms with Crippen LogP contribution in [0, 0.1) is 11.3 Å². The average Bonchev–Trinajstić information content (AvgIpc) is 2.60. The minimum Gasteiger partial charge on any atom is -0.494 e. The van der Waals surface area contributed by atoms with E-state index in [0.29, 0.717) is 11.8 Å². The molecule has 0 aliphatic carbocycles. The van der Waals surface area contributed by atoms with Crippen LogP contribution in [0.25, 0.3) is 11.1 Å². The Morgan fingerprint density at radius 3 is 1.84 bits per heavy atom. The molecule has 0 radical (unpaired) electrons. The molecule has 2 rings (SSSR count). The lowest BCUT2D eigenvalue weighted by molar-refractivity contribution is 0.351.